The van der Waals surface area contributed by atoms with Gasteiger partial charge in [0.1, 0.15) is 23.9 Å². The second kappa shape index (κ2) is 7.51. The van der Waals surface area contributed by atoms with Crippen molar-refractivity contribution in [3.63, 3.8) is 0 Å². The highest BCUT2D eigenvalue weighted by Crippen LogP contribution is 2.18. The van der Waals surface area contributed by atoms with Gasteiger partial charge in [-0.1, -0.05) is 11.8 Å². The Morgan fingerprint density at radius 2 is 2.10 bits per heavy atom. The third-order valence-corrected chi connectivity index (χ3v) is 2.80. The molecule has 1 aromatic heterocycles. The van der Waals surface area contributed by atoms with Gasteiger partial charge < -0.3 is 9.47 Å². The number of pyridine rings is 1. The van der Waals surface area contributed by atoms with E-state index in [4.69, 9.17) is 21.1 Å². The van der Waals surface area contributed by atoms with Gasteiger partial charge in [0.25, 0.3) is 0 Å². The van der Waals surface area contributed by atoms with Crippen molar-refractivity contribution in [1.29, 1.82) is 0 Å². The minimum absolute atomic E-state index is 0.101. The monoisotopic (exact) mass is 305 g/mol. The van der Waals surface area contributed by atoms with Gasteiger partial charge in [0.2, 0.25) is 0 Å². The number of nitrogens with zero attached hydrogens (tertiary/aromatic N) is 1. The Bertz CT molecular complexity index is 679. The van der Waals surface area contributed by atoms with Crippen LogP contribution in [0.2, 0.25) is 0 Å². The summed E-state index contributed by atoms with van der Waals surface area (Å²) in [7, 11) is 1.49. The van der Waals surface area contributed by atoms with Crippen LogP contribution in [-0.2, 0) is 6.61 Å². The van der Waals surface area contributed by atoms with Crippen LogP contribution in [0.25, 0.3) is 0 Å². The van der Waals surface area contributed by atoms with E-state index >= 15 is 0 Å². The average Bonchev–Trinajstić information content (AvgIpc) is 2.52. The fraction of sp³-hybridized carbons (Fsp3) is 0.188. The van der Waals surface area contributed by atoms with Gasteiger partial charge in [0.05, 0.1) is 19.2 Å². The Kier molecular flexibility index (Phi) is 5.42. The minimum atomic E-state index is -0.375. The number of alkyl halides is 1. The highest BCUT2D eigenvalue weighted by atomic mass is 35.5. The molecule has 5 heteroatoms. The molecule has 1 heterocycles. The molecular formula is C16H13ClFNO2. The largest absolute Gasteiger partial charge is 0.497 e. The van der Waals surface area contributed by atoms with Gasteiger partial charge in [0.15, 0.2) is 0 Å². The second-order valence-electron chi connectivity index (χ2n) is 4.09. The van der Waals surface area contributed by atoms with Crippen molar-refractivity contribution in [2.45, 2.75) is 6.61 Å². The molecule has 108 valence electrons. The van der Waals surface area contributed by atoms with Crippen LogP contribution in [0.4, 0.5) is 4.39 Å². The molecule has 0 atom stereocenters. The molecule has 0 fully saturated rings. The molecule has 0 saturated heterocycles. The SMILES string of the molecule is COc1ccc(COc2cncc(C#CCCl)c2)c(F)c1. The van der Waals surface area contributed by atoms with Crippen molar-refractivity contribution in [2.75, 3.05) is 13.0 Å². The first-order chi connectivity index (χ1) is 10.2. The highest BCUT2D eigenvalue weighted by molar-refractivity contribution is 6.19. The molecule has 21 heavy (non-hydrogen) atoms. The standard InChI is InChI=1S/C16H13ClFNO2/c1-20-14-5-4-13(16(18)8-14)11-21-15-7-12(3-2-6-17)9-19-10-15/h4-5,7-10H,6,11H2,1H3. The molecule has 3 nitrogen and oxygen atoms in total. The summed E-state index contributed by atoms with van der Waals surface area (Å²) in [6, 6.07) is 6.36. The van der Waals surface area contributed by atoms with Gasteiger partial charge in [-0.3, -0.25) is 4.98 Å². The molecule has 0 aliphatic heterocycles. The van der Waals surface area contributed by atoms with Crippen LogP contribution >= 0.6 is 11.6 Å². The summed E-state index contributed by atoms with van der Waals surface area (Å²) in [6.07, 6.45) is 3.16. The third kappa shape index (κ3) is 4.37. The van der Waals surface area contributed by atoms with Crippen LogP contribution in [0.1, 0.15) is 11.1 Å². The number of hydrogen-bond donors (Lipinski definition) is 0. The highest BCUT2D eigenvalue weighted by Gasteiger charge is 2.05. The summed E-state index contributed by atoms with van der Waals surface area (Å²) < 4.78 is 24.2. The number of halogens is 2. The van der Waals surface area contributed by atoms with Gasteiger partial charge in [-0.15, -0.1) is 11.6 Å². The van der Waals surface area contributed by atoms with Crippen molar-refractivity contribution < 1.29 is 13.9 Å². The Labute approximate surface area is 127 Å². The van der Waals surface area contributed by atoms with E-state index in [2.05, 4.69) is 16.8 Å². The minimum Gasteiger partial charge on any atom is -0.497 e. The molecule has 0 aliphatic rings. The number of ether oxygens (including phenoxy) is 2. The number of hydrogen-bond acceptors (Lipinski definition) is 3. The maximum atomic E-state index is 13.8. The first-order valence-corrected chi connectivity index (χ1v) is 6.71. The Morgan fingerprint density at radius 1 is 1.24 bits per heavy atom. The summed E-state index contributed by atoms with van der Waals surface area (Å²) in [6.45, 7) is 0.101. The molecule has 0 radical (unpaired) electrons. The lowest BCUT2D eigenvalue weighted by atomic mass is 10.2. The zero-order valence-corrected chi connectivity index (χ0v) is 12.2. The first kappa shape index (κ1) is 15.1. The number of benzene rings is 1. The van der Waals surface area contributed by atoms with Crippen molar-refractivity contribution in [1.82, 2.24) is 4.98 Å². The maximum Gasteiger partial charge on any atom is 0.139 e. The zero-order valence-electron chi connectivity index (χ0n) is 11.4. The molecule has 0 aliphatic carbocycles. The predicted molar refractivity (Wildman–Crippen MR) is 79.1 cm³/mol. The maximum absolute atomic E-state index is 13.8. The second-order valence-corrected chi connectivity index (χ2v) is 4.36. The molecule has 0 spiro atoms. The third-order valence-electron chi connectivity index (χ3n) is 2.67. The lowest BCUT2D eigenvalue weighted by molar-refractivity contribution is 0.298. The molecular weight excluding hydrogens is 293 g/mol. The van der Waals surface area contributed by atoms with Gasteiger partial charge in [-0.25, -0.2) is 4.39 Å². The molecule has 1 aromatic carbocycles. The van der Waals surface area contributed by atoms with Gasteiger partial charge in [0, 0.05) is 23.4 Å². The van der Waals surface area contributed by atoms with E-state index < -0.39 is 0 Å². The van der Waals surface area contributed by atoms with Crippen LogP contribution in [-0.4, -0.2) is 18.0 Å². The summed E-state index contributed by atoms with van der Waals surface area (Å²) in [4.78, 5) is 4.02. The van der Waals surface area contributed by atoms with E-state index in [9.17, 15) is 4.39 Å². The smallest absolute Gasteiger partial charge is 0.139 e. The summed E-state index contributed by atoms with van der Waals surface area (Å²) in [5, 5.41) is 0. The van der Waals surface area contributed by atoms with Crippen LogP contribution in [0.15, 0.2) is 36.7 Å². The molecule has 0 N–H and O–H groups in total. The predicted octanol–water partition coefficient (Wildman–Crippen LogP) is 3.40. The van der Waals surface area contributed by atoms with E-state index in [0.717, 1.165) is 0 Å². The van der Waals surface area contributed by atoms with E-state index in [1.165, 1.54) is 13.2 Å². The van der Waals surface area contributed by atoms with Crippen molar-refractivity contribution in [3.8, 4) is 23.3 Å². The topological polar surface area (TPSA) is 31.4 Å². The number of rotatable bonds is 4. The van der Waals surface area contributed by atoms with Gasteiger partial charge in [-0.2, -0.15) is 0 Å². The van der Waals surface area contributed by atoms with Crippen molar-refractivity contribution in [3.05, 3.63) is 53.6 Å². The van der Waals surface area contributed by atoms with Crippen LogP contribution in [0.5, 0.6) is 11.5 Å². The van der Waals surface area contributed by atoms with Crippen molar-refractivity contribution >= 4 is 11.6 Å². The molecule has 0 saturated carbocycles. The van der Waals surface area contributed by atoms with Crippen LogP contribution in [0, 0.1) is 17.7 Å². The van der Waals surface area contributed by atoms with Gasteiger partial charge >= 0.3 is 0 Å². The van der Waals surface area contributed by atoms with E-state index in [1.807, 2.05) is 0 Å². The van der Waals surface area contributed by atoms with Crippen LogP contribution in [0.3, 0.4) is 0 Å². The first-order valence-electron chi connectivity index (χ1n) is 6.18. The summed E-state index contributed by atoms with van der Waals surface area (Å²) in [5.74, 6) is 6.44. The Hall–Kier alpha value is -2.25. The molecule has 2 rings (SSSR count). The summed E-state index contributed by atoms with van der Waals surface area (Å²) >= 11 is 5.50. The molecule has 2 aromatic rings. The van der Waals surface area contributed by atoms with E-state index in [-0.39, 0.29) is 18.3 Å². The zero-order chi connectivity index (χ0) is 15.1. The summed E-state index contributed by atoms with van der Waals surface area (Å²) in [5.41, 5.74) is 1.14. The normalized spacial score (nSPS) is 9.67. The fourth-order valence-corrected chi connectivity index (χ4v) is 1.70. The van der Waals surface area contributed by atoms with E-state index in [1.54, 1.807) is 30.6 Å². The molecule has 0 amide bonds. The quantitative estimate of drug-likeness (QED) is 0.641. The lowest BCUT2D eigenvalue weighted by Gasteiger charge is -2.08. The lowest BCUT2D eigenvalue weighted by Crippen LogP contribution is -1.99. The number of aromatic nitrogens is 1. The van der Waals surface area contributed by atoms with Crippen LogP contribution < -0.4 is 9.47 Å². The Morgan fingerprint density at radius 3 is 2.81 bits per heavy atom. The fourth-order valence-electron chi connectivity index (χ4n) is 1.63. The molecule has 0 unspecified atom stereocenters. The van der Waals surface area contributed by atoms with Crippen molar-refractivity contribution in [2.24, 2.45) is 0 Å². The molecule has 0 bridgehead atoms. The van der Waals surface area contributed by atoms with E-state index in [0.29, 0.717) is 22.6 Å². The van der Waals surface area contributed by atoms with Gasteiger partial charge in [-0.05, 0) is 18.2 Å². The Balaban J connectivity index is 2.06. The average molecular weight is 306 g/mol. The number of methoxy groups -OCH3 is 1.